The van der Waals surface area contributed by atoms with Crippen LogP contribution in [0.2, 0.25) is 0 Å². The molecule has 0 radical (unpaired) electrons. The minimum absolute atomic E-state index is 0.00941. The van der Waals surface area contributed by atoms with Gasteiger partial charge in [-0.05, 0) is 12.8 Å². The number of ether oxygens (including phenoxy) is 2. The predicted octanol–water partition coefficient (Wildman–Crippen LogP) is 2.08. The Morgan fingerprint density at radius 2 is 1.35 bits per heavy atom. The van der Waals surface area contributed by atoms with Crippen LogP contribution in [0.1, 0.15) is 51.9 Å². The molecule has 0 aliphatic heterocycles. The maximum atomic E-state index is 8.68. The van der Waals surface area contributed by atoms with Crippen LogP contribution >= 0.6 is 0 Å². The van der Waals surface area contributed by atoms with Gasteiger partial charge in [-0.1, -0.05) is 39.0 Å². The molecule has 0 rings (SSSR count). The van der Waals surface area contributed by atoms with Crippen molar-refractivity contribution in [3.05, 3.63) is 0 Å². The second-order valence-electron chi connectivity index (χ2n) is 4.17. The van der Waals surface area contributed by atoms with E-state index in [1.807, 2.05) is 0 Å². The Bertz CT molecular complexity index is 133. The molecule has 0 unspecified atom stereocenters. The monoisotopic (exact) mass is 248 g/mol. The smallest absolute Gasteiger partial charge is 0.157 e. The van der Waals surface area contributed by atoms with E-state index in [-0.39, 0.29) is 19.5 Å². The van der Waals surface area contributed by atoms with E-state index in [0.29, 0.717) is 13.2 Å². The first-order valence-corrected chi connectivity index (χ1v) is 6.80. The zero-order valence-electron chi connectivity index (χ0n) is 11.1. The molecule has 0 saturated carbocycles. The highest BCUT2D eigenvalue weighted by Crippen LogP contribution is 2.11. The molecule has 0 spiro atoms. The Balaban J connectivity index is 3.45. The highest BCUT2D eigenvalue weighted by Gasteiger charge is 2.08. The summed E-state index contributed by atoms with van der Waals surface area (Å²) in [7, 11) is 0. The molecule has 0 bridgehead atoms. The van der Waals surface area contributed by atoms with Gasteiger partial charge < -0.3 is 19.7 Å². The van der Waals surface area contributed by atoms with Crippen molar-refractivity contribution in [1.82, 2.24) is 0 Å². The molecule has 0 aromatic heterocycles. The molecule has 4 nitrogen and oxygen atoms in total. The van der Waals surface area contributed by atoms with Crippen LogP contribution in [-0.4, -0.2) is 42.9 Å². The Labute approximate surface area is 105 Å². The van der Waals surface area contributed by atoms with Crippen molar-refractivity contribution in [3.8, 4) is 0 Å². The van der Waals surface area contributed by atoms with Crippen molar-refractivity contribution in [2.24, 2.45) is 0 Å². The van der Waals surface area contributed by atoms with Gasteiger partial charge in [-0.3, -0.25) is 0 Å². The Morgan fingerprint density at radius 1 is 0.824 bits per heavy atom. The van der Waals surface area contributed by atoms with Gasteiger partial charge in [0.25, 0.3) is 0 Å². The fourth-order valence-corrected chi connectivity index (χ4v) is 1.67. The van der Waals surface area contributed by atoms with Gasteiger partial charge in [0, 0.05) is 0 Å². The van der Waals surface area contributed by atoms with E-state index in [0.717, 1.165) is 12.8 Å². The van der Waals surface area contributed by atoms with Gasteiger partial charge in [-0.25, -0.2) is 0 Å². The van der Waals surface area contributed by atoms with Crippen molar-refractivity contribution >= 4 is 0 Å². The minimum Gasteiger partial charge on any atom is -0.394 e. The molecular formula is C13H28O4. The molecule has 0 amide bonds. The second-order valence-corrected chi connectivity index (χ2v) is 4.17. The summed E-state index contributed by atoms with van der Waals surface area (Å²) < 4.78 is 10.7. The van der Waals surface area contributed by atoms with E-state index < -0.39 is 0 Å². The maximum Gasteiger partial charge on any atom is 0.157 e. The SMILES string of the molecule is CCCCCCCCC(OCCO)OCCO. The van der Waals surface area contributed by atoms with Crippen LogP contribution in [0.15, 0.2) is 0 Å². The van der Waals surface area contributed by atoms with E-state index in [2.05, 4.69) is 6.92 Å². The summed E-state index contributed by atoms with van der Waals surface area (Å²) in [4.78, 5) is 0. The Kier molecular flexibility index (Phi) is 13.8. The lowest BCUT2D eigenvalue weighted by Crippen LogP contribution is -2.21. The summed E-state index contributed by atoms with van der Waals surface area (Å²) in [6, 6.07) is 0. The lowest BCUT2D eigenvalue weighted by atomic mass is 10.1. The molecule has 0 aromatic rings. The lowest BCUT2D eigenvalue weighted by molar-refractivity contribution is -0.156. The number of hydrogen-bond donors (Lipinski definition) is 2. The van der Waals surface area contributed by atoms with E-state index in [9.17, 15) is 0 Å². The fourth-order valence-electron chi connectivity index (χ4n) is 1.67. The fraction of sp³-hybridized carbons (Fsp3) is 1.00. The average molecular weight is 248 g/mol. The summed E-state index contributed by atoms with van der Waals surface area (Å²) in [6.45, 7) is 2.82. The van der Waals surface area contributed by atoms with Crippen molar-refractivity contribution in [2.45, 2.75) is 58.2 Å². The topological polar surface area (TPSA) is 58.9 Å². The van der Waals surface area contributed by atoms with E-state index >= 15 is 0 Å². The zero-order chi connectivity index (χ0) is 12.8. The highest BCUT2D eigenvalue weighted by atomic mass is 16.7. The third-order valence-corrected chi connectivity index (χ3v) is 2.58. The zero-order valence-corrected chi connectivity index (χ0v) is 11.1. The number of rotatable bonds is 13. The molecule has 0 heterocycles. The lowest BCUT2D eigenvalue weighted by Gasteiger charge is -2.17. The molecule has 0 aromatic carbocycles. The first-order chi connectivity index (χ1) is 8.35. The number of unbranched alkanes of at least 4 members (excludes halogenated alkanes) is 5. The van der Waals surface area contributed by atoms with Gasteiger partial charge in [0.05, 0.1) is 26.4 Å². The Morgan fingerprint density at radius 3 is 1.88 bits per heavy atom. The number of aliphatic hydroxyl groups is 2. The normalized spacial score (nSPS) is 11.3. The largest absolute Gasteiger partial charge is 0.394 e. The van der Waals surface area contributed by atoms with E-state index in [1.165, 1.54) is 32.1 Å². The van der Waals surface area contributed by atoms with Crippen LogP contribution in [-0.2, 0) is 9.47 Å². The summed E-state index contributed by atoms with van der Waals surface area (Å²) in [5.41, 5.74) is 0. The number of hydrogen-bond acceptors (Lipinski definition) is 4. The van der Waals surface area contributed by atoms with E-state index in [4.69, 9.17) is 19.7 Å². The van der Waals surface area contributed by atoms with Gasteiger partial charge in [-0.2, -0.15) is 0 Å². The van der Waals surface area contributed by atoms with Crippen molar-refractivity contribution in [1.29, 1.82) is 0 Å². The van der Waals surface area contributed by atoms with Crippen LogP contribution in [0.3, 0.4) is 0 Å². The van der Waals surface area contributed by atoms with Crippen LogP contribution in [0.25, 0.3) is 0 Å². The molecule has 0 aliphatic carbocycles. The molecule has 0 saturated heterocycles. The second kappa shape index (κ2) is 13.9. The third kappa shape index (κ3) is 12.1. The Hall–Kier alpha value is -0.160. The first kappa shape index (κ1) is 16.8. The van der Waals surface area contributed by atoms with Crippen LogP contribution in [0.4, 0.5) is 0 Å². The summed E-state index contributed by atoms with van der Waals surface area (Å²) >= 11 is 0. The van der Waals surface area contributed by atoms with Crippen molar-refractivity contribution < 1.29 is 19.7 Å². The quantitative estimate of drug-likeness (QED) is 0.387. The molecule has 0 fully saturated rings. The number of aliphatic hydroxyl groups excluding tert-OH is 2. The van der Waals surface area contributed by atoms with Crippen LogP contribution in [0.5, 0.6) is 0 Å². The molecule has 2 N–H and O–H groups in total. The molecule has 17 heavy (non-hydrogen) atoms. The first-order valence-electron chi connectivity index (χ1n) is 6.80. The average Bonchev–Trinajstić information content (AvgIpc) is 2.35. The molecule has 4 heteroatoms. The highest BCUT2D eigenvalue weighted by molar-refractivity contribution is 4.50. The van der Waals surface area contributed by atoms with Crippen LogP contribution < -0.4 is 0 Å². The summed E-state index contributed by atoms with van der Waals surface area (Å²) in [6.07, 6.45) is 7.98. The van der Waals surface area contributed by atoms with Crippen LogP contribution in [0, 0.1) is 0 Å². The summed E-state index contributed by atoms with van der Waals surface area (Å²) in [5, 5.41) is 17.4. The van der Waals surface area contributed by atoms with E-state index in [1.54, 1.807) is 0 Å². The van der Waals surface area contributed by atoms with Gasteiger partial charge in [0.15, 0.2) is 6.29 Å². The predicted molar refractivity (Wildman–Crippen MR) is 67.9 cm³/mol. The standard InChI is InChI=1S/C13H28O4/c1-2-3-4-5-6-7-8-13(16-11-9-14)17-12-10-15/h13-15H,2-12H2,1H3. The molecular weight excluding hydrogens is 220 g/mol. The third-order valence-electron chi connectivity index (χ3n) is 2.58. The maximum absolute atomic E-state index is 8.68. The molecule has 0 atom stereocenters. The van der Waals surface area contributed by atoms with Gasteiger partial charge >= 0.3 is 0 Å². The molecule has 104 valence electrons. The summed E-state index contributed by atoms with van der Waals surface area (Å²) in [5.74, 6) is 0. The van der Waals surface area contributed by atoms with Crippen molar-refractivity contribution in [3.63, 3.8) is 0 Å². The van der Waals surface area contributed by atoms with Gasteiger partial charge in [0.2, 0.25) is 0 Å². The molecule has 0 aliphatic rings. The van der Waals surface area contributed by atoms with Crippen molar-refractivity contribution in [2.75, 3.05) is 26.4 Å². The minimum atomic E-state index is -0.277. The van der Waals surface area contributed by atoms with Gasteiger partial charge in [0.1, 0.15) is 0 Å². The van der Waals surface area contributed by atoms with Gasteiger partial charge in [-0.15, -0.1) is 0 Å².